The van der Waals surface area contributed by atoms with E-state index in [0.717, 1.165) is 0 Å². The lowest BCUT2D eigenvalue weighted by Gasteiger charge is -2.26. The molecule has 102 valence electrons. The van der Waals surface area contributed by atoms with E-state index >= 15 is 0 Å². The molecule has 9 heteroatoms. The van der Waals surface area contributed by atoms with Crippen molar-refractivity contribution >= 4 is 23.5 Å². The van der Waals surface area contributed by atoms with Gasteiger partial charge >= 0.3 is 0 Å². The molecule has 0 spiro atoms. The van der Waals surface area contributed by atoms with E-state index in [1.165, 1.54) is 7.11 Å². The fraction of sp³-hybridized carbons (Fsp3) is 0.400. The zero-order valence-electron chi connectivity index (χ0n) is 10.3. The molecule has 19 heavy (non-hydrogen) atoms. The van der Waals surface area contributed by atoms with Crippen LogP contribution in [0, 0.1) is 0 Å². The normalized spacial score (nSPS) is 15.4. The number of amides is 2. The number of imide groups is 1. The quantitative estimate of drug-likeness (QED) is 0.337. The molecule has 1 aliphatic heterocycles. The molecule has 0 aliphatic carbocycles. The number of aromatic nitrogens is 2. The molecular weight excluding hydrogens is 252 g/mol. The van der Waals surface area contributed by atoms with Crippen molar-refractivity contribution in [1.29, 1.82) is 0 Å². The smallest absolute Gasteiger partial charge is 0.246 e. The minimum Gasteiger partial charge on any atom is -0.377 e. The Morgan fingerprint density at radius 1 is 1.42 bits per heavy atom. The number of methoxy groups -OCH3 is 1. The predicted molar refractivity (Wildman–Crippen MR) is 65.9 cm³/mol. The molecule has 4 N–H and O–H groups in total. The van der Waals surface area contributed by atoms with Gasteiger partial charge in [0.25, 0.3) is 0 Å². The maximum Gasteiger partial charge on any atom is 0.246 e. The number of carbonyl (C=O) groups excluding carboxylic acids is 2. The zero-order chi connectivity index (χ0) is 13.8. The highest BCUT2D eigenvalue weighted by Gasteiger charge is 2.24. The average Bonchev–Trinajstić information content (AvgIpc) is 2.37. The van der Waals surface area contributed by atoms with Gasteiger partial charge in [-0.2, -0.15) is 0 Å². The molecule has 0 aromatic carbocycles. The van der Waals surface area contributed by atoms with Crippen LogP contribution in [0.5, 0.6) is 0 Å². The van der Waals surface area contributed by atoms with Crippen molar-refractivity contribution in [2.24, 2.45) is 5.84 Å². The molecule has 2 rings (SSSR count). The van der Waals surface area contributed by atoms with Crippen LogP contribution in [-0.4, -0.2) is 42.0 Å². The van der Waals surface area contributed by atoms with Crippen molar-refractivity contribution in [1.82, 2.24) is 15.3 Å². The Labute approximate surface area is 109 Å². The maximum absolute atomic E-state index is 11.3. The highest BCUT2D eigenvalue weighted by molar-refractivity contribution is 6.02. The van der Waals surface area contributed by atoms with Gasteiger partial charge in [-0.25, -0.2) is 15.8 Å². The van der Waals surface area contributed by atoms with E-state index in [2.05, 4.69) is 20.7 Å². The third kappa shape index (κ3) is 3.14. The van der Waals surface area contributed by atoms with E-state index in [1.54, 1.807) is 11.0 Å². The van der Waals surface area contributed by atoms with Crippen molar-refractivity contribution in [3.8, 4) is 0 Å². The lowest BCUT2D eigenvalue weighted by Crippen LogP contribution is -2.51. The summed E-state index contributed by atoms with van der Waals surface area (Å²) in [7, 11) is 1.52. The number of piperazine rings is 1. The first kappa shape index (κ1) is 13.2. The average molecular weight is 266 g/mol. The summed E-state index contributed by atoms with van der Waals surface area (Å²) in [6.07, 6.45) is 0. The first-order chi connectivity index (χ1) is 9.12. The number of nitrogens with two attached hydrogens (primary N) is 1. The third-order valence-electron chi connectivity index (χ3n) is 2.45. The number of hydrogen-bond acceptors (Lipinski definition) is 8. The molecule has 1 saturated heterocycles. The first-order valence-corrected chi connectivity index (χ1v) is 5.53. The molecule has 9 nitrogen and oxygen atoms in total. The lowest BCUT2D eigenvalue weighted by molar-refractivity contribution is -0.130. The van der Waals surface area contributed by atoms with E-state index in [0.29, 0.717) is 17.5 Å². The van der Waals surface area contributed by atoms with Gasteiger partial charge in [-0.15, -0.1) is 0 Å². The molecule has 1 aliphatic rings. The van der Waals surface area contributed by atoms with E-state index in [1.807, 2.05) is 0 Å². The molecule has 1 aromatic heterocycles. The summed E-state index contributed by atoms with van der Waals surface area (Å²) in [5.41, 5.74) is 2.41. The Hall–Kier alpha value is -2.26. The van der Waals surface area contributed by atoms with Crippen LogP contribution < -0.4 is 21.5 Å². The molecule has 0 radical (unpaired) electrons. The summed E-state index contributed by atoms with van der Waals surface area (Å²) < 4.78 is 4.95. The van der Waals surface area contributed by atoms with E-state index in [-0.39, 0.29) is 31.5 Å². The van der Waals surface area contributed by atoms with Crippen molar-refractivity contribution in [3.05, 3.63) is 11.9 Å². The Kier molecular flexibility index (Phi) is 3.88. The van der Waals surface area contributed by atoms with Crippen LogP contribution >= 0.6 is 0 Å². The largest absolute Gasteiger partial charge is 0.377 e. The fourth-order valence-corrected chi connectivity index (χ4v) is 1.71. The number of nitrogen functional groups attached to an aromatic ring is 1. The van der Waals surface area contributed by atoms with Crippen LogP contribution in [0.25, 0.3) is 0 Å². The van der Waals surface area contributed by atoms with Crippen LogP contribution in [-0.2, 0) is 20.9 Å². The topological polar surface area (TPSA) is 122 Å². The highest BCUT2D eigenvalue weighted by atomic mass is 16.5. The molecule has 0 bridgehead atoms. The Morgan fingerprint density at radius 3 is 2.68 bits per heavy atom. The molecule has 0 atom stereocenters. The van der Waals surface area contributed by atoms with Gasteiger partial charge in [0.05, 0.1) is 13.1 Å². The standard InChI is InChI=1S/C10H14N6O3/c1-19-5-7-12-6(15-11)2-8(13-7)16-3-9(17)14-10(18)4-16/h2H,3-5,11H2,1H3,(H,12,13,15)(H,14,17,18). The number of nitrogens with zero attached hydrogens (tertiary/aromatic N) is 3. The van der Waals surface area contributed by atoms with Gasteiger partial charge in [-0.1, -0.05) is 0 Å². The van der Waals surface area contributed by atoms with Crippen LogP contribution in [0.2, 0.25) is 0 Å². The maximum atomic E-state index is 11.3. The lowest BCUT2D eigenvalue weighted by atomic mass is 10.3. The molecule has 0 saturated carbocycles. The van der Waals surface area contributed by atoms with Crippen molar-refractivity contribution in [2.75, 3.05) is 30.5 Å². The monoisotopic (exact) mass is 266 g/mol. The summed E-state index contributed by atoms with van der Waals surface area (Å²) in [5.74, 6) is 5.82. The number of rotatable bonds is 4. The Bertz CT molecular complexity index is 490. The van der Waals surface area contributed by atoms with Gasteiger partial charge < -0.3 is 15.1 Å². The summed E-state index contributed by atoms with van der Waals surface area (Å²) >= 11 is 0. The minimum atomic E-state index is -0.370. The molecule has 0 unspecified atom stereocenters. The summed E-state index contributed by atoms with van der Waals surface area (Å²) in [4.78, 5) is 32.5. The number of nitrogens with one attached hydrogen (secondary N) is 2. The molecule has 1 aromatic rings. The minimum absolute atomic E-state index is 0.0547. The molecule has 1 fully saturated rings. The summed E-state index contributed by atoms with van der Waals surface area (Å²) in [6, 6.07) is 1.56. The van der Waals surface area contributed by atoms with E-state index in [4.69, 9.17) is 10.6 Å². The van der Waals surface area contributed by atoms with Gasteiger partial charge in [0.2, 0.25) is 11.8 Å². The molecular formula is C10H14N6O3. The van der Waals surface area contributed by atoms with Crippen molar-refractivity contribution < 1.29 is 14.3 Å². The highest BCUT2D eigenvalue weighted by Crippen LogP contribution is 2.16. The second kappa shape index (κ2) is 5.59. The third-order valence-corrected chi connectivity index (χ3v) is 2.45. The van der Waals surface area contributed by atoms with E-state index in [9.17, 15) is 9.59 Å². The SMILES string of the molecule is COCc1nc(NN)cc(N2CC(=O)NC(=O)C2)n1. The second-order valence-corrected chi connectivity index (χ2v) is 3.93. The van der Waals surface area contributed by atoms with Gasteiger partial charge in [-0.3, -0.25) is 14.9 Å². The second-order valence-electron chi connectivity index (χ2n) is 3.93. The van der Waals surface area contributed by atoms with E-state index < -0.39 is 0 Å². The van der Waals surface area contributed by atoms with Crippen LogP contribution in [0.15, 0.2) is 6.07 Å². The summed E-state index contributed by atoms with van der Waals surface area (Å²) in [6.45, 7) is 0.314. The number of hydrogen-bond donors (Lipinski definition) is 3. The van der Waals surface area contributed by atoms with Crippen molar-refractivity contribution in [3.63, 3.8) is 0 Å². The van der Waals surface area contributed by atoms with Crippen LogP contribution in [0.3, 0.4) is 0 Å². The first-order valence-electron chi connectivity index (χ1n) is 5.53. The van der Waals surface area contributed by atoms with Crippen LogP contribution in [0.1, 0.15) is 5.82 Å². The van der Waals surface area contributed by atoms with Crippen LogP contribution in [0.4, 0.5) is 11.6 Å². The Morgan fingerprint density at radius 2 is 2.11 bits per heavy atom. The van der Waals surface area contributed by atoms with Gasteiger partial charge in [0.1, 0.15) is 18.2 Å². The summed E-state index contributed by atoms with van der Waals surface area (Å²) in [5, 5.41) is 2.22. The van der Waals surface area contributed by atoms with Gasteiger partial charge in [0.15, 0.2) is 5.82 Å². The number of carbonyl (C=O) groups is 2. The number of hydrazine groups is 1. The van der Waals surface area contributed by atoms with Gasteiger partial charge in [0, 0.05) is 13.2 Å². The predicted octanol–water partition coefficient (Wildman–Crippen LogP) is -1.63. The number of anilines is 2. The van der Waals surface area contributed by atoms with Crippen molar-refractivity contribution in [2.45, 2.75) is 6.61 Å². The zero-order valence-corrected chi connectivity index (χ0v) is 10.3. The Balaban J connectivity index is 2.29. The molecule has 2 heterocycles. The van der Waals surface area contributed by atoms with Gasteiger partial charge in [-0.05, 0) is 0 Å². The fourth-order valence-electron chi connectivity index (χ4n) is 1.71. The molecule has 2 amide bonds. The number of ether oxygens (including phenoxy) is 1.